The molecule has 0 aliphatic carbocycles. The van der Waals surface area contributed by atoms with Crippen molar-refractivity contribution in [3.8, 4) is 0 Å². The molecule has 0 spiro atoms. The number of rotatable bonds is 55. The van der Waals surface area contributed by atoms with Crippen LogP contribution in [-0.4, -0.2) is 37.2 Å². The maximum absolute atomic E-state index is 12.9. The molecule has 0 rings (SSSR count). The van der Waals surface area contributed by atoms with E-state index in [0.29, 0.717) is 12.8 Å². The summed E-state index contributed by atoms with van der Waals surface area (Å²) in [4.78, 5) is 38.3. The summed E-state index contributed by atoms with van der Waals surface area (Å²) in [5.41, 5.74) is 0. The molecule has 6 heteroatoms. The SMILES string of the molecule is CC/C=C\C/C=C\C/C=C\C/C=C\C/C=C\C/C=C\C/C=C\C/C=C\CCCCC(=O)OCC(COC(=O)CCCCC/C=C\C/C=C\C/C=C\CC)OC(=O)CCCCCCCCC/C=C\C/C=C\C/C=C\C/C=C\C/C=C\CC. The summed E-state index contributed by atoms with van der Waals surface area (Å²) in [7, 11) is 0. The maximum atomic E-state index is 12.9. The summed E-state index contributed by atoms with van der Waals surface area (Å²) in [5, 5.41) is 0. The van der Waals surface area contributed by atoms with E-state index in [1.54, 1.807) is 0 Å². The summed E-state index contributed by atoms with van der Waals surface area (Å²) in [6.07, 6.45) is 102. The van der Waals surface area contributed by atoms with Crippen LogP contribution in [0.15, 0.2) is 194 Å². The molecule has 0 heterocycles. The minimum absolute atomic E-state index is 0.122. The van der Waals surface area contributed by atoms with Crippen LogP contribution in [0.4, 0.5) is 0 Å². The molecule has 0 N–H and O–H groups in total. The van der Waals surface area contributed by atoms with Crippen LogP contribution in [0.3, 0.4) is 0 Å². The van der Waals surface area contributed by atoms with Crippen molar-refractivity contribution in [1.29, 1.82) is 0 Å². The second kappa shape index (κ2) is 66.8. The third-order valence-corrected chi connectivity index (χ3v) is 12.6. The first-order chi connectivity index (χ1) is 40.0. The van der Waals surface area contributed by atoms with Crippen LogP contribution >= 0.6 is 0 Å². The molecule has 6 nitrogen and oxygen atoms in total. The lowest BCUT2D eigenvalue weighted by Crippen LogP contribution is -2.30. The van der Waals surface area contributed by atoms with E-state index in [1.165, 1.54) is 19.3 Å². The summed E-state index contributed by atoms with van der Waals surface area (Å²) in [6, 6.07) is 0. The predicted octanol–water partition coefficient (Wildman–Crippen LogP) is 22.2. The van der Waals surface area contributed by atoms with Crippen molar-refractivity contribution in [3.63, 3.8) is 0 Å². The Hall–Kier alpha value is -5.75. The van der Waals surface area contributed by atoms with Gasteiger partial charge >= 0.3 is 17.9 Å². The van der Waals surface area contributed by atoms with Crippen molar-refractivity contribution < 1.29 is 28.6 Å². The molecule has 0 amide bonds. The van der Waals surface area contributed by atoms with Gasteiger partial charge in [-0.1, -0.05) is 254 Å². The molecule has 0 saturated carbocycles. The number of unbranched alkanes of at least 4 members (excludes halogenated alkanes) is 12. The highest BCUT2D eigenvalue weighted by Gasteiger charge is 2.19. The Kier molecular flexibility index (Phi) is 62.0. The lowest BCUT2D eigenvalue weighted by Gasteiger charge is -2.18. The lowest BCUT2D eigenvalue weighted by atomic mass is 10.1. The Labute approximate surface area is 497 Å². The van der Waals surface area contributed by atoms with Crippen molar-refractivity contribution in [2.75, 3.05) is 13.2 Å². The minimum Gasteiger partial charge on any atom is -0.462 e. The zero-order chi connectivity index (χ0) is 58.5. The third-order valence-electron chi connectivity index (χ3n) is 12.6. The third kappa shape index (κ3) is 64.9. The molecule has 0 saturated heterocycles. The molecule has 0 aromatic carbocycles. The van der Waals surface area contributed by atoms with E-state index < -0.39 is 6.10 Å². The van der Waals surface area contributed by atoms with E-state index >= 15 is 0 Å². The highest BCUT2D eigenvalue weighted by molar-refractivity contribution is 5.71. The number of ether oxygens (including phenoxy) is 3. The van der Waals surface area contributed by atoms with Crippen LogP contribution in [0.5, 0.6) is 0 Å². The fourth-order valence-corrected chi connectivity index (χ4v) is 7.91. The van der Waals surface area contributed by atoms with Gasteiger partial charge < -0.3 is 14.2 Å². The first-order valence-corrected chi connectivity index (χ1v) is 31.9. The van der Waals surface area contributed by atoms with Crippen molar-refractivity contribution in [1.82, 2.24) is 0 Å². The first kappa shape index (κ1) is 75.2. The Balaban J connectivity index is 4.51. The van der Waals surface area contributed by atoms with Crippen molar-refractivity contribution in [3.05, 3.63) is 194 Å². The molecule has 1 atom stereocenters. The van der Waals surface area contributed by atoms with Crippen LogP contribution in [-0.2, 0) is 28.6 Å². The van der Waals surface area contributed by atoms with E-state index in [0.717, 1.165) is 173 Å². The molecule has 0 aliphatic rings. The van der Waals surface area contributed by atoms with E-state index in [4.69, 9.17) is 14.2 Å². The quantitative estimate of drug-likeness (QED) is 0.0261. The van der Waals surface area contributed by atoms with Gasteiger partial charge in [0, 0.05) is 19.3 Å². The van der Waals surface area contributed by atoms with Gasteiger partial charge in [-0.05, 0) is 161 Å². The fraction of sp³-hybridized carbons (Fsp3) is 0.533. The van der Waals surface area contributed by atoms with Gasteiger partial charge in [0.1, 0.15) is 13.2 Å². The average Bonchev–Trinajstić information content (AvgIpc) is 3.46. The second-order valence-corrected chi connectivity index (χ2v) is 20.2. The van der Waals surface area contributed by atoms with Crippen molar-refractivity contribution >= 4 is 17.9 Å². The van der Waals surface area contributed by atoms with Gasteiger partial charge in [-0.3, -0.25) is 14.4 Å². The molecule has 81 heavy (non-hydrogen) atoms. The molecule has 0 aromatic rings. The molecular formula is C75H114O6. The molecule has 450 valence electrons. The highest BCUT2D eigenvalue weighted by Crippen LogP contribution is 2.13. The number of carbonyl (C=O) groups is 3. The average molecular weight is 1110 g/mol. The molecule has 0 radical (unpaired) electrons. The maximum Gasteiger partial charge on any atom is 0.306 e. The Bertz CT molecular complexity index is 1950. The fourth-order valence-electron chi connectivity index (χ4n) is 7.91. The first-order valence-electron chi connectivity index (χ1n) is 31.9. The van der Waals surface area contributed by atoms with Crippen molar-refractivity contribution in [2.24, 2.45) is 0 Å². The van der Waals surface area contributed by atoms with Gasteiger partial charge in [0.2, 0.25) is 0 Å². The molecule has 0 bridgehead atoms. The van der Waals surface area contributed by atoms with Gasteiger partial charge in [-0.2, -0.15) is 0 Å². The Morgan fingerprint density at radius 2 is 0.444 bits per heavy atom. The number of allylic oxidation sites excluding steroid dienone is 32. The topological polar surface area (TPSA) is 78.9 Å². The monoisotopic (exact) mass is 1110 g/mol. The second-order valence-electron chi connectivity index (χ2n) is 20.2. The van der Waals surface area contributed by atoms with Gasteiger partial charge in [0.25, 0.3) is 0 Å². The van der Waals surface area contributed by atoms with E-state index in [1.807, 2.05) is 0 Å². The summed E-state index contributed by atoms with van der Waals surface area (Å²) in [6.45, 7) is 6.21. The smallest absolute Gasteiger partial charge is 0.306 e. The predicted molar refractivity (Wildman–Crippen MR) is 352 cm³/mol. The summed E-state index contributed by atoms with van der Waals surface area (Å²) in [5.74, 6) is -1.02. The molecule has 0 aliphatic heterocycles. The van der Waals surface area contributed by atoms with Crippen LogP contribution in [0.25, 0.3) is 0 Å². The van der Waals surface area contributed by atoms with Gasteiger partial charge in [-0.15, -0.1) is 0 Å². The number of carbonyl (C=O) groups excluding carboxylic acids is 3. The van der Waals surface area contributed by atoms with Crippen LogP contribution in [0, 0.1) is 0 Å². The Morgan fingerprint density at radius 3 is 0.728 bits per heavy atom. The summed E-state index contributed by atoms with van der Waals surface area (Å²) >= 11 is 0. The zero-order valence-electron chi connectivity index (χ0n) is 51.5. The largest absolute Gasteiger partial charge is 0.462 e. The number of hydrogen-bond acceptors (Lipinski definition) is 6. The van der Waals surface area contributed by atoms with E-state index in [-0.39, 0.29) is 44.0 Å². The molecular weight excluding hydrogens is 997 g/mol. The Morgan fingerprint density at radius 1 is 0.247 bits per heavy atom. The van der Waals surface area contributed by atoms with Crippen LogP contribution in [0.2, 0.25) is 0 Å². The van der Waals surface area contributed by atoms with E-state index in [2.05, 4.69) is 215 Å². The number of hydrogen-bond donors (Lipinski definition) is 0. The summed E-state index contributed by atoms with van der Waals surface area (Å²) < 4.78 is 16.8. The van der Waals surface area contributed by atoms with Crippen molar-refractivity contribution in [2.45, 2.75) is 245 Å². The zero-order valence-corrected chi connectivity index (χ0v) is 51.5. The van der Waals surface area contributed by atoms with Gasteiger partial charge in [-0.25, -0.2) is 0 Å². The standard InChI is InChI=1S/C75H114O6/c1-4-7-10-13-16-19-22-25-27-29-31-33-35-36-37-38-40-41-43-45-47-50-53-56-59-62-65-68-74(77)80-71-72(70-79-73(76)67-64-61-58-55-52-49-24-21-18-15-12-9-6-3)81-75(78)69-66-63-60-57-54-51-48-46-44-42-39-34-32-30-28-26-23-20-17-14-11-8-5-2/h7-12,16-21,25-28,31-34,36-37,40-42,44-45,47,49,52-53,56,72H,4-6,13-15,22-24,29-30,35,38-39,43,46,48,50-51,54-55,57-71H2,1-3H3/b10-7-,11-8-,12-9-,19-16-,20-17-,21-18-,27-25-,28-26-,33-31-,34-32-,37-36-,41-40-,44-42-,47-45-,52-49-,56-53-. The minimum atomic E-state index is -0.828. The normalized spacial score (nSPS) is 13.5. The molecule has 0 aromatic heterocycles. The van der Waals surface area contributed by atoms with Gasteiger partial charge in [0.15, 0.2) is 6.10 Å². The highest BCUT2D eigenvalue weighted by atomic mass is 16.6. The lowest BCUT2D eigenvalue weighted by molar-refractivity contribution is -0.167. The van der Waals surface area contributed by atoms with Gasteiger partial charge in [0.05, 0.1) is 0 Å². The van der Waals surface area contributed by atoms with Crippen LogP contribution < -0.4 is 0 Å². The molecule has 1 unspecified atom stereocenters. The number of esters is 3. The van der Waals surface area contributed by atoms with Crippen LogP contribution in [0.1, 0.15) is 239 Å². The van der Waals surface area contributed by atoms with E-state index in [9.17, 15) is 14.4 Å². The molecule has 0 fully saturated rings.